The molecule has 104 valence electrons. The van der Waals surface area contributed by atoms with Crippen LogP contribution in [0.4, 0.5) is 0 Å². The average molecular weight is 299 g/mol. The normalized spacial score (nSPS) is 12.7. The Bertz CT molecular complexity index is 664. The fourth-order valence-electron chi connectivity index (χ4n) is 1.63. The molecule has 0 saturated carbocycles. The van der Waals surface area contributed by atoms with Gasteiger partial charge in [-0.3, -0.25) is 0 Å². The lowest BCUT2D eigenvalue weighted by molar-refractivity contribution is 0.402. The van der Waals surface area contributed by atoms with Crippen LogP contribution < -0.4 is 4.72 Å². The van der Waals surface area contributed by atoms with Crippen molar-refractivity contribution in [3.63, 3.8) is 0 Å². The van der Waals surface area contributed by atoms with Gasteiger partial charge in [-0.2, -0.15) is 17.4 Å². The van der Waals surface area contributed by atoms with Gasteiger partial charge in [-0.15, -0.1) is 11.3 Å². The number of hydrogen-bond donors (Lipinski definition) is 1. The van der Waals surface area contributed by atoms with Crippen LogP contribution in [-0.4, -0.2) is 30.8 Å². The SMILES string of the molecule is CC(C)N(C)S(=O)(=O)NCc1cccc2ncsc12. The molecule has 0 radical (unpaired) electrons. The lowest BCUT2D eigenvalue weighted by Gasteiger charge is -2.21. The molecule has 7 heteroatoms. The van der Waals surface area contributed by atoms with Gasteiger partial charge in [-0.05, 0) is 25.5 Å². The van der Waals surface area contributed by atoms with E-state index in [2.05, 4.69) is 9.71 Å². The van der Waals surface area contributed by atoms with E-state index >= 15 is 0 Å². The molecule has 1 heterocycles. The fraction of sp³-hybridized carbons (Fsp3) is 0.417. The van der Waals surface area contributed by atoms with Crippen molar-refractivity contribution < 1.29 is 8.42 Å². The average Bonchev–Trinajstić information content (AvgIpc) is 2.83. The minimum Gasteiger partial charge on any atom is -0.245 e. The minimum absolute atomic E-state index is 0.0725. The van der Waals surface area contributed by atoms with Crippen LogP contribution in [0.2, 0.25) is 0 Å². The molecule has 0 saturated heterocycles. The van der Waals surface area contributed by atoms with E-state index in [1.807, 2.05) is 32.0 Å². The zero-order valence-corrected chi connectivity index (χ0v) is 12.8. The van der Waals surface area contributed by atoms with E-state index in [4.69, 9.17) is 0 Å². The van der Waals surface area contributed by atoms with Crippen LogP contribution in [-0.2, 0) is 16.8 Å². The first-order valence-corrected chi connectivity index (χ1v) is 8.27. The van der Waals surface area contributed by atoms with E-state index in [1.165, 1.54) is 15.6 Å². The third-order valence-electron chi connectivity index (χ3n) is 2.99. The van der Waals surface area contributed by atoms with Gasteiger partial charge in [0.15, 0.2) is 0 Å². The van der Waals surface area contributed by atoms with Crippen molar-refractivity contribution in [2.45, 2.75) is 26.4 Å². The van der Waals surface area contributed by atoms with Crippen molar-refractivity contribution in [2.24, 2.45) is 0 Å². The summed E-state index contributed by atoms with van der Waals surface area (Å²) in [4.78, 5) is 4.22. The summed E-state index contributed by atoms with van der Waals surface area (Å²) in [5.41, 5.74) is 3.61. The van der Waals surface area contributed by atoms with Gasteiger partial charge < -0.3 is 0 Å². The number of hydrogen-bond acceptors (Lipinski definition) is 4. The molecule has 0 spiro atoms. The van der Waals surface area contributed by atoms with Crippen molar-refractivity contribution in [3.05, 3.63) is 29.3 Å². The molecule has 1 aromatic heterocycles. The Kier molecular flexibility index (Phi) is 4.19. The van der Waals surface area contributed by atoms with Crippen molar-refractivity contribution in [3.8, 4) is 0 Å². The molecule has 1 N–H and O–H groups in total. The fourth-order valence-corrected chi connectivity index (χ4v) is 3.53. The lowest BCUT2D eigenvalue weighted by Crippen LogP contribution is -2.41. The van der Waals surface area contributed by atoms with Crippen LogP contribution in [0.3, 0.4) is 0 Å². The topological polar surface area (TPSA) is 62.3 Å². The Morgan fingerprint density at radius 3 is 2.84 bits per heavy atom. The smallest absolute Gasteiger partial charge is 0.245 e. The van der Waals surface area contributed by atoms with Gasteiger partial charge in [0.1, 0.15) is 0 Å². The Balaban J connectivity index is 2.17. The predicted octanol–water partition coefficient (Wildman–Crippen LogP) is 1.97. The van der Waals surface area contributed by atoms with Crippen LogP contribution in [0.15, 0.2) is 23.7 Å². The van der Waals surface area contributed by atoms with E-state index in [0.717, 1.165) is 15.8 Å². The molecule has 5 nitrogen and oxygen atoms in total. The summed E-state index contributed by atoms with van der Waals surface area (Å²) in [7, 11) is -1.87. The third-order valence-corrected chi connectivity index (χ3v) is 5.60. The summed E-state index contributed by atoms with van der Waals surface area (Å²) >= 11 is 1.52. The summed E-state index contributed by atoms with van der Waals surface area (Å²) in [6.45, 7) is 3.95. The molecule has 0 aliphatic heterocycles. The van der Waals surface area contributed by atoms with Gasteiger partial charge in [0, 0.05) is 19.6 Å². The third kappa shape index (κ3) is 3.11. The first-order valence-electron chi connectivity index (χ1n) is 5.95. The number of benzene rings is 1. The molecule has 0 aliphatic carbocycles. The second kappa shape index (κ2) is 5.54. The van der Waals surface area contributed by atoms with Crippen LogP contribution in [0.5, 0.6) is 0 Å². The van der Waals surface area contributed by atoms with E-state index in [-0.39, 0.29) is 12.6 Å². The number of fused-ring (bicyclic) bond motifs is 1. The molecule has 2 aromatic rings. The van der Waals surface area contributed by atoms with Gasteiger partial charge >= 0.3 is 0 Å². The predicted molar refractivity (Wildman–Crippen MR) is 78.3 cm³/mol. The number of aromatic nitrogens is 1. The van der Waals surface area contributed by atoms with Crippen LogP contribution in [0.25, 0.3) is 10.2 Å². The number of nitrogens with one attached hydrogen (secondary N) is 1. The maximum Gasteiger partial charge on any atom is 0.279 e. The highest BCUT2D eigenvalue weighted by Crippen LogP contribution is 2.22. The Morgan fingerprint density at radius 2 is 2.16 bits per heavy atom. The first kappa shape index (κ1) is 14.4. The maximum absolute atomic E-state index is 12.0. The molecule has 0 aliphatic rings. The molecule has 0 atom stereocenters. The molecule has 2 rings (SSSR count). The standard InChI is InChI=1S/C12H17N3O2S2/c1-9(2)15(3)19(16,17)14-7-10-5-4-6-11-12(10)18-8-13-11/h4-6,8-9,14H,7H2,1-3H3. The van der Waals surface area contributed by atoms with Crippen molar-refractivity contribution in [2.75, 3.05) is 7.05 Å². The van der Waals surface area contributed by atoms with Gasteiger partial charge in [0.25, 0.3) is 10.2 Å². The summed E-state index contributed by atoms with van der Waals surface area (Å²) in [5.74, 6) is 0. The second-order valence-electron chi connectivity index (χ2n) is 4.55. The van der Waals surface area contributed by atoms with Gasteiger partial charge in [0.2, 0.25) is 0 Å². The summed E-state index contributed by atoms with van der Waals surface area (Å²) < 4.78 is 29.0. The highest BCUT2D eigenvalue weighted by molar-refractivity contribution is 7.87. The number of thiazole rings is 1. The molecule has 0 bridgehead atoms. The highest BCUT2D eigenvalue weighted by Gasteiger charge is 2.20. The van der Waals surface area contributed by atoms with E-state index in [1.54, 1.807) is 12.6 Å². The lowest BCUT2D eigenvalue weighted by atomic mass is 10.2. The quantitative estimate of drug-likeness (QED) is 0.918. The van der Waals surface area contributed by atoms with Crippen LogP contribution >= 0.6 is 11.3 Å². The first-order chi connectivity index (χ1) is 8.92. The number of rotatable bonds is 5. The largest absolute Gasteiger partial charge is 0.279 e. The Labute approximate surface area is 117 Å². The van der Waals surface area contributed by atoms with Crippen molar-refractivity contribution in [1.82, 2.24) is 14.0 Å². The molecule has 0 fully saturated rings. The van der Waals surface area contributed by atoms with Gasteiger partial charge in [-0.25, -0.2) is 4.98 Å². The molecular weight excluding hydrogens is 282 g/mol. The molecule has 1 aromatic carbocycles. The molecule has 19 heavy (non-hydrogen) atoms. The maximum atomic E-state index is 12.0. The zero-order chi connectivity index (χ0) is 14.0. The molecule has 0 unspecified atom stereocenters. The van der Waals surface area contributed by atoms with E-state index in [9.17, 15) is 8.42 Å². The Hall–Kier alpha value is -1.02. The van der Waals surface area contributed by atoms with E-state index < -0.39 is 10.2 Å². The van der Waals surface area contributed by atoms with Gasteiger partial charge in [-0.1, -0.05) is 12.1 Å². The minimum atomic E-state index is -3.44. The monoisotopic (exact) mass is 299 g/mol. The van der Waals surface area contributed by atoms with Crippen molar-refractivity contribution in [1.29, 1.82) is 0 Å². The van der Waals surface area contributed by atoms with E-state index in [0.29, 0.717) is 0 Å². The molecular formula is C12H17N3O2S2. The van der Waals surface area contributed by atoms with Gasteiger partial charge in [0.05, 0.1) is 15.7 Å². The summed E-state index contributed by atoms with van der Waals surface area (Å²) in [5, 5.41) is 0. The highest BCUT2D eigenvalue weighted by atomic mass is 32.2. The zero-order valence-electron chi connectivity index (χ0n) is 11.1. The van der Waals surface area contributed by atoms with Crippen molar-refractivity contribution >= 4 is 31.8 Å². The summed E-state index contributed by atoms with van der Waals surface area (Å²) in [6.07, 6.45) is 0. The number of nitrogens with zero attached hydrogens (tertiary/aromatic N) is 2. The van der Waals surface area contributed by atoms with Crippen LogP contribution in [0.1, 0.15) is 19.4 Å². The summed E-state index contributed by atoms with van der Waals surface area (Å²) in [6, 6.07) is 5.65. The second-order valence-corrected chi connectivity index (χ2v) is 7.22. The Morgan fingerprint density at radius 1 is 1.42 bits per heavy atom. The molecule has 0 amide bonds. The van der Waals surface area contributed by atoms with Crippen LogP contribution in [0, 0.1) is 0 Å².